The molecule has 0 atom stereocenters. The fraction of sp³-hybridized carbons (Fsp3) is 0.389. The number of hydrogen-bond acceptors (Lipinski definition) is 3. The molecule has 0 N–H and O–H groups in total. The van der Waals surface area contributed by atoms with Gasteiger partial charge >= 0.3 is 0 Å². The average molecular weight is 361 g/mol. The van der Waals surface area contributed by atoms with Gasteiger partial charge in [0.05, 0.1) is 11.8 Å². The second-order valence-corrected chi connectivity index (χ2v) is 8.39. The molecule has 1 aromatic heterocycles. The van der Waals surface area contributed by atoms with Crippen LogP contribution in [-0.4, -0.2) is 60.5 Å². The fourth-order valence-electron chi connectivity index (χ4n) is 3.35. The van der Waals surface area contributed by atoms with Crippen molar-refractivity contribution in [2.45, 2.75) is 13.8 Å². The SMILES string of the molecule is Cc1cc(C(=O)N2CCN(S(C)(=O)=O)CC2)c(C)n1-c1ccccc1. The summed E-state index contributed by atoms with van der Waals surface area (Å²) in [6.45, 7) is 5.46. The van der Waals surface area contributed by atoms with Crippen LogP contribution in [0.5, 0.6) is 0 Å². The van der Waals surface area contributed by atoms with Crippen molar-refractivity contribution in [1.29, 1.82) is 0 Å². The number of carbonyl (C=O) groups excluding carboxylic acids is 1. The predicted octanol–water partition coefficient (Wildman–Crippen LogP) is 1.81. The van der Waals surface area contributed by atoms with Gasteiger partial charge in [-0.05, 0) is 32.0 Å². The van der Waals surface area contributed by atoms with Gasteiger partial charge in [-0.3, -0.25) is 4.79 Å². The number of sulfonamides is 1. The Labute approximate surface area is 148 Å². The summed E-state index contributed by atoms with van der Waals surface area (Å²) >= 11 is 0. The van der Waals surface area contributed by atoms with E-state index in [9.17, 15) is 13.2 Å². The highest BCUT2D eigenvalue weighted by molar-refractivity contribution is 7.88. The van der Waals surface area contributed by atoms with Crippen molar-refractivity contribution in [2.75, 3.05) is 32.4 Å². The highest BCUT2D eigenvalue weighted by Gasteiger charge is 2.28. The number of amides is 1. The molecule has 2 aromatic rings. The van der Waals surface area contributed by atoms with Crippen LogP contribution < -0.4 is 0 Å². The monoisotopic (exact) mass is 361 g/mol. The predicted molar refractivity (Wildman–Crippen MR) is 97.6 cm³/mol. The first kappa shape index (κ1) is 17.7. The summed E-state index contributed by atoms with van der Waals surface area (Å²) in [5.74, 6) is -0.0385. The molecule has 7 heteroatoms. The first-order valence-corrected chi connectivity index (χ1v) is 10.1. The number of aryl methyl sites for hydroxylation is 1. The van der Waals surface area contributed by atoms with Gasteiger partial charge in [0.25, 0.3) is 5.91 Å². The zero-order valence-electron chi connectivity index (χ0n) is 14.8. The lowest BCUT2D eigenvalue weighted by molar-refractivity contribution is 0.0697. The van der Waals surface area contributed by atoms with Gasteiger partial charge in [-0.25, -0.2) is 8.42 Å². The second-order valence-electron chi connectivity index (χ2n) is 6.41. The van der Waals surface area contributed by atoms with Crippen molar-refractivity contribution in [3.05, 3.63) is 53.3 Å². The van der Waals surface area contributed by atoms with E-state index in [4.69, 9.17) is 0 Å². The molecule has 1 saturated heterocycles. The van der Waals surface area contributed by atoms with Gasteiger partial charge in [0.2, 0.25) is 10.0 Å². The maximum atomic E-state index is 12.9. The Morgan fingerprint density at radius 1 is 1.00 bits per heavy atom. The Morgan fingerprint density at radius 3 is 2.16 bits per heavy atom. The largest absolute Gasteiger partial charge is 0.336 e. The van der Waals surface area contributed by atoms with Crippen LogP contribution in [0, 0.1) is 13.8 Å². The summed E-state index contributed by atoms with van der Waals surface area (Å²) in [6.07, 6.45) is 1.21. The summed E-state index contributed by atoms with van der Waals surface area (Å²) < 4.78 is 26.7. The molecule has 1 fully saturated rings. The topological polar surface area (TPSA) is 62.6 Å². The molecule has 0 bridgehead atoms. The Kier molecular flexibility index (Phi) is 4.71. The summed E-state index contributed by atoms with van der Waals surface area (Å²) in [6, 6.07) is 11.8. The Balaban J connectivity index is 1.83. The molecule has 1 aliphatic heterocycles. The molecular formula is C18H23N3O3S. The average Bonchev–Trinajstić information content (AvgIpc) is 2.89. The van der Waals surface area contributed by atoms with E-state index in [1.54, 1.807) is 4.90 Å². The van der Waals surface area contributed by atoms with Crippen LogP contribution in [0.25, 0.3) is 5.69 Å². The van der Waals surface area contributed by atoms with E-state index in [2.05, 4.69) is 4.57 Å². The molecule has 0 spiro atoms. The zero-order chi connectivity index (χ0) is 18.2. The van der Waals surface area contributed by atoms with Crippen LogP contribution in [-0.2, 0) is 10.0 Å². The fourth-order valence-corrected chi connectivity index (χ4v) is 4.17. The number of carbonyl (C=O) groups is 1. The molecular weight excluding hydrogens is 338 g/mol. The molecule has 3 rings (SSSR count). The van der Waals surface area contributed by atoms with E-state index in [-0.39, 0.29) is 5.91 Å². The van der Waals surface area contributed by atoms with Crippen LogP contribution in [0.4, 0.5) is 0 Å². The maximum absolute atomic E-state index is 12.9. The van der Waals surface area contributed by atoms with E-state index in [1.807, 2.05) is 50.2 Å². The van der Waals surface area contributed by atoms with E-state index >= 15 is 0 Å². The van der Waals surface area contributed by atoms with Gasteiger partial charge in [-0.15, -0.1) is 0 Å². The Bertz CT molecular complexity index is 880. The van der Waals surface area contributed by atoms with Gasteiger partial charge < -0.3 is 9.47 Å². The number of piperazine rings is 1. The number of hydrogen-bond donors (Lipinski definition) is 0. The van der Waals surface area contributed by atoms with Gasteiger partial charge in [-0.1, -0.05) is 18.2 Å². The van der Waals surface area contributed by atoms with Crippen LogP contribution in [0.2, 0.25) is 0 Å². The molecule has 134 valence electrons. The lowest BCUT2D eigenvalue weighted by Gasteiger charge is -2.33. The summed E-state index contributed by atoms with van der Waals surface area (Å²) in [4.78, 5) is 14.7. The number of benzene rings is 1. The molecule has 0 saturated carbocycles. The normalized spacial score (nSPS) is 16.2. The van der Waals surface area contributed by atoms with Gasteiger partial charge in [0.15, 0.2) is 0 Å². The third-order valence-corrected chi connectivity index (χ3v) is 5.97. The van der Waals surface area contributed by atoms with E-state index in [0.29, 0.717) is 31.7 Å². The summed E-state index contributed by atoms with van der Waals surface area (Å²) in [5, 5.41) is 0. The highest BCUT2D eigenvalue weighted by Crippen LogP contribution is 2.22. The van der Waals surface area contributed by atoms with Crippen molar-refractivity contribution in [3.63, 3.8) is 0 Å². The van der Waals surface area contributed by atoms with Crippen molar-refractivity contribution in [1.82, 2.24) is 13.8 Å². The minimum atomic E-state index is -3.20. The van der Waals surface area contributed by atoms with E-state index < -0.39 is 10.0 Å². The quantitative estimate of drug-likeness (QED) is 0.838. The van der Waals surface area contributed by atoms with E-state index in [0.717, 1.165) is 17.1 Å². The molecule has 0 unspecified atom stereocenters. The van der Waals surface area contributed by atoms with Crippen molar-refractivity contribution in [3.8, 4) is 5.69 Å². The summed E-state index contributed by atoms with van der Waals surface area (Å²) in [5.41, 5.74) is 3.61. The molecule has 1 amide bonds. The zero-order valence-corrected chi connectivity index (χ0v) is 15.6. The van der Waals surface area contributed by atoms with Crippen LogP contribution in [0.3, 0.4) is 0 Å². The molecule has 1 aromatic carbocycles. The molecule has 0 radical (unpaired) electrons. The molecule has 2 heterocycles. The number of para-hydroxylation sites is 1. The number of nitrogens with zero attached hydrogens (tertiary/aromatic N) is 3. The number of rotatable bonds is 3. The maximum Gasteiger partial charge on any atom is 0.255 e. The van der Waals surface area contributed by atoms with Crippen LogP contribution >= 0.6 is 0 Å². The third-order valence-electron chi connectivity index (χ3n) is 4.67. The summed E-state index contributed by atoms with van der Waals surface area (Å²) in [7, 11) is -3.20. The minimum absolute atomic E-state index is 0.0385. The molecule has 1 aliphatic rings. The Hall–Kier alpha value is -2.12. The highest BCUT2D eigenvalue weighted by atomic mass is 32.2. The molecule has 25 heavy (non-hydrogen) atoms. The standard InChI is InChI=1S/C18H23N3O3S/c1-14-13-17(15(2)21(14)16-7-5-4-6-8-16)18(22)19-9-11-20(12-10-19)25(3,23)24/h4-8,13H,9-12H2,1-3H3. The Morgan fingerprint density at radius 2 is 1.60 bits per heavy atom. The van der Waals surface area contributed by atoms with Crippen LogP contribution in [0.1, 0.15) is 21.7 Å². The minimum Gasteiger partial charge on any atom is -0.336 e. The second kappa shape index (κ2) is 6.65. The van der Waals surface area contributed by atoms with Crippen molar-refractivity contribution < 1.29 is 13.2 Å². The lowest BCUT2D eigenvalue weighted by atomic mass is 10.2. The first-order chi connectivity index (χ1) is 11.8. The van der Waals surface area contributed by atoms with Crippen LogP contribution in [0.15, 0.2) is 36.4 Å². The van der Waals surface area contributed by atoms with Crippen molar-refractivity contribution >= 4 is 15.9 Å². The van der Waals surface area contributed by atoms with E-state index in [1.165, 1.54) is 10.6 Å². The molecule has 6 nitrogen and oxygen atoms in total. The van der Waals surface area contributed by atoms with Gasteiger partial charge in [0, 0.05) is 43.3 Å². The lowest BCUT2D eigenvalue weighted by Crippen LogP contribution is -2.50. The van der Waals surface area contributed by atoms with Gasteiger partial charge in [-0.2, -0.15) is 4.31 Å². The van der Waals surface area contributed by atoms with Crippen molar-refractivity contribution in [2.24, 2.45) is 0 Å². The number of aromatic nitrogens is 1. The first-order valence-electron chi connectivity index (χ1n) is 8.28. The third kappa shape index (κ3) is 3.48. The smallest absolute Gasteiger partial charge is 0.255 e. The molecule has 0 aliphatic carbocycles. The van der Waals surface area contributed by atoms with Gasteiger partial charge in [0.1, 0.15) is 0 Å².